The Bertz CT molecular complexity index is 486. The number of nitrogens with one attached hydrogen (secondary N) is 1. The summed E-state index contributed by atoms with van der Waals surface area (Å²) in [4.78, 5) is 2.61. The zero-order chi connectivity index (χ0) is 14.8. The molecule has 0 bridgehead atoms. The normalized spacial score (nSPS) is 25.4. The highest BCUT2D eigenvalue weighted by atomic mass is 35.5. The lowest BCUT2D eigenvalue weighted by molar-refractivity contribution is 0.342. The van der Waals surface area contributed by atoms with Gasteiger partial charge in [0, 0.05) is 25.2 Å². The Labute approximate surface area is 133 Å². The predicted octanol–water partition coefficient (Wildman–Crippen LogP) is 4.61. The lowest BCUT2D eigenvalue weighted by atomic mass is 9.85. The van der Waals surface area contributed by atoms with E-state index < -0.39 is 0 Å². The van der Waals surface area contributed by atoms with E-state index in [1.54, 1.807) is 0 Å². The highest BCUT2D eigenvalue weighted by molar-refractivity contribution is 6.33. The van der Waals surface area contributed by atoms with Gasteiger partial charge in [-0.05, 0) is 36.8 Å². The minimum Gasteiger partial charge on any atom is -0.367 e. The predicted molar refractivity (Wildman–Crippen MR) is 91.1 cm³/mol. The Hall–Kier alpha value is -0.730. The van der Waals surface area contributed by atoms with E-state index in [9.17, 15) is 0 Å². The van der Waals surface area contributed by atoms with Crippen LogP contribution in [0.2, 0.25) is 5.02 Å². The lowest BCUT2D eigenvalue weighted by Gasteiger charge is -2.35. The van der Waals surface area contributed by atoms with Crippen molar-refractivity contribution in [2.45, 2.75) is 64.6 Å². The minimum atomic E-state index is 0.498. The first-order valence-electron chi connectivity index (χ1n) is 8.44. The van der Waals surface area contributed by atoms with Gasteiger partial charge in [0.2, 0.25) is 0 Å². The third-order valence-electron chi connectivity index (χ3n) is 5.07. The molecule has 0 radical (unpaired) electrons. The second kappa shape index (κ2) is 6.58. The Morgan fingerprint density at radius 1 is 1.24 bits per heavy atom. The number of benzene rings is 1. The van der Waals surface area contributed by atoms with Crippen LogP contribution in [-0.2, 0) is 6.54 Å². The summed E-state index contributed by atoms with van der Waals surface area (Å²) >= 11 is 6.59. The van der Waals surface area contributed by atoms with Crippen molar-refractivity contribution < 1.29 is 0 Å². The van der Waals surface area contributed by atoms with Crippen LogP contribution in [0.3, 0.4) is 0 Å². The fraction of sp³-hybridized carbons (Fsp3) is 0.667. The maximum Gasteiger partial charge on any atom is 0.0643 e. The molecule has 21 heavy (non-hydrogen) atoms. The summed E-state index contributed by atoms with van der Waals surface area (Å²) < 4.78 is 0. The van der Waals surface area contributed by atoms with Crippen LogP contribution >= 0.6 is 11.6 Å². The highest BCUT2D eigenvalue weighted by Crippen LogP contribution is 2.42. The average Bonchev–Trinajstić information content (AvgIpc) is 2.89. The fourth-order valence-corrected chi connectivity index (χ4v) is 4.32. The number of rotatable bonds is 4. The largest absolute Gasteiger partial charge is 0.367 e. The smallest absolute Gasteiger partial charge is 0.0643 e. The monoisotopic (exact) mass is 306 g/mol. The van der Waals surface area contributed by atoms with Crippen LogP contribution in [0.15, 0.2) is 18.2 Å². The third-order valence-corrected chi connectivity index (χ3v) is 5.37. The zero-order valence-corrected chi connectivity index (χ0v) is 14.0. The molecule has 2 aliphatic rings. The Morgan fingerprint density at radius 2 is 2.05 bits per heavy atom. The standard InChI is InChI=1S/C18H27ClN2/c1-13(2)20-12-15-7-5-8-16(19)18(15)21-11-10-14-6-3-4-9-17(14)21/h5,7-8,13-14,17,20H,3-4,6,9-12H2,1-2H3. The molecule has 0 aromatic heterocycles. The second-order valence-corrected chi connectivity index (χ2v) is 7.28. The Kier molecular flexibility index (Phi) is 4.75. The van der Waals surface area contributed by atoms with E-state index in [-0.39, 0.29) is 0 Å². The summed E-state index contributed by atoms with van der Waals surface area (Å²) in [5.41, 5.74) is 2.64. The lowest BCUT2D eigenvalue weighted by Crippen LogP contribution is -2.36. The number of hydrogen-bond donors (Lipinski definition) is 1. The van der Waals surface area contributed by atoms with Gasteiger partial charge >= 0.3 is 0 Å². The van der Waals surface area contributed by atoms with Crippen molar-refractivity contribution in [2.75, 3.05) is 11.4 Å². The van der Waals surface area contributed by atoms with Crippen molar-refractivity contribution in [1.82, 2.24) is 5.32 Å². The number of anilines is 1. The molecule has 3 rings (SSSR count). The third kappa shape index (κ3) is 3.22. The van der Waals surface area contributed by atoms with Crippen LogP contribution in [0.25, 0.3) is 0 Å². The molecule has 1 N–H and O–H groups in total. The van der Waals surface area contributed by atoms with Crippen LogP contribution in [0.5, 0.6) is 0 Å². The number of nitrogens with zero attached hydrogens (tertiary/aromatic N) is 1. The summed E-state index contributed by atoms with van der Waals surface area (Å²) in [6.45, 7) is 6.46. The summed E-state index contributed by atoms with van der Waals surface area (Å²) in [6, 6.07) is 7.57. The molecular formula is C18H27ClN2. The molecule has 1 heterocycles. The van der Waals surface area contributed by atoms with Gasteiger partial charge in [0.25, 0.3) is 0 Å². The molecular weight excluding hydrogens is 280 g/mol. The van der Waals surface area contributed by atoms with Crippen LogP contribution in [0.1, 0.15) is 51.5 Å². The van der Waals surface area contributed by atoms with E-state index in [0.29, 0.717) is 6.04 Å². The molecule has 1 aliphatic carbocycles. The molecule has 1 saturated carbocycles. The molecule has 116 valence electrons. The minimum absolute atomic E-state index is 0.498. The molecule has 0 amide bonds. The molecule has 1 aromatic rings. The van der Waals surface area contributed by atoms with Gasteiger partial charge in [-0.1, -0.05) is 50.4 Å². The first-order valence-corrected chi connectivity index (χ1v) is 8.82. The number of hydrogen-bond acceptors (Lipinski definition) is 2. The molecule has 1 saturated heterocycles. The summed E-state index contributed by atoms with van der Waals surface area (Å²) in [7, 11) is 0. The summed E-state index contributed by atoms with van der Waals surface area (Å²) in [5.74, 6) is 0.890. The van der Waals surface area contributed by atoms with Gasteiger partial charge in [0.05, 0.1) is 10.7 Å². The number of fused-ring (bicyclic) bond motifs is 1. The fourth-order valence-electron chi connectivity index (χ4n) is 4.02. The van der Waals surface area contributed by atoms with Crippen molar-refractivity contribution in [1.29, 1.82) is 0 Å². The second-order valence-electron chi connectivity index (χ2n) is 6.88. The number of halogens is 1. The molecule has 1 aromatic carbocycles. The summed E-state index contributed by atoms with van der Waals surface area (Å²) in [6.07, 6.45) is 6.88. The van der Waals surface area contributed by atoms with Crippen LogP contribution in [0, 0.1) is 5.92 Å². The van der Waals surface area contributed by atoms with Crippen LogP contribution in [0.4, 0.5) is 5.69 Å². The van der Waals surface area contributed by atoms with Crippen molar-refractivity contribution in [3.63, 3.8) is 0 Å². The first-order chi connectivity index (χ1) is 10.2. The topological polar surface area (TPSA) is 15.3 Å². The van der Waals surface area contributed by atoms with E-state index in [1.165, 1.54) is 49.9 Å². The Balaban J connectivity index is 1.86. The van der Waals surface area contributed by atoms with Gasteiger partial charge < -0.3 is 10.2 Å². The molecule has 1 aliphatic heterocycles. The van der Waals surface area contributed by atoms with Gasteiger partial charge in [-0.15, -0.1) is 0 Å². The molecule has 3 heteroatoms. The molecule has 0 spiro atoms. The molecule has 2 unspecified atom stereocenters. The molecule has 2 nitrogen and oxygen atoms in total. The Morgan fingerprint density at radius 3 is 2.86 bits per heavy atom. The van der Waals surface area contributed by atoms with Crippen LogP contribution in [-0.4, -0.2) is 18.6 Å². The molecule has 2 fully saturated rings. The summed E-state index contributed by atoms with van der Waals surface area (Å²) in [5, 5.41) is 4.46. The van der Waals surface area contributed by atoms with Crippen molar-refractivity contribution in [3.8, 4) is 0 Å². The zero-order valence-electron chi connectivity index (χ0n) is 13.2. The van der Waals surface area contributed by atoms with E-state index >= 15 is 0 Å². The van der Waals surface area contributed by atoms with E-state index in [2.05, 4.69) is 36.2 Å². The van der Waals surface area contributed by atoms with Gasteiger partial charge in [0.1, 0.15) is 0 Å². The SMILES string of the molecule is CC(C)NCc1cccc(Cl)c1N1CCC2CCCCC21. The first kappa shape index (κ1) is 15.2. The van der Waals surface area contributed by atoms with Gasteiger partial charge in [-0.3, -0.25) is 0 Å². The van der Waals surface area contributed by atoms with Gasteiger partial charge in [0.15, 0.2) is 0 Å². The maximum absolute atomic E-state index is 6.59. The van der Waals surface area contributed by atoms with Crippen molar-refractivity contribution in [2.24, 2.45) is 5.92 Å². The maximum atomic E-state index is 6.59. The van der Waals surface area contributed by atoms with Crippen molar-refractivity contribution in [3.05, 3.63) is 28.8 Å². The number of para-hydroxylation sites is 1. The quantitative estimate of drug-likeness (QED) is 0.874. The van der Waals surface area contributed by atoms with E-state index in [0.717, 1.165) is 23.5 Å². The van der Waals surface area contributed by atoms with E-state index in [4.69, 9.17) is 11.6 Å². The highest BCUT2D eigenvalue weighted by Gasteiger charge is 2.37. The van der Waals surface area contributed by atoms with Gasteiger partial charge in [-0.25, -0.2) is 0 Å². The van der Waals surface area contributed by atoms with Gasteiger partial charge in [-0.2, -0.15) is 0 Å². The van der Waals surface area contributed by atoms with Crippen LogP contribution < -0.4 is 10.2 Å². The molecule has 2 atom stereocenters. The average molecular weight is 307 g/mol. The van der Waals surface area contributed by atoms with E-state index in [1.807, 2.05) is 6.07 Å². The van der Waals surface area contributed by atoms with Crippen molar-refractivity contribution >= 4 is 17.3 Å².